The molecule has 0 fully saturated rings. The van der Waals surface area contributed by atoms with Crippen molar-refractivity contribution in [2.75, 3.05) is 0 Å². The third kappa shape index (κ3) is 2.49. The highest BCUT2D eigenvalue weighted by Gasteiger charge is 2.07. The van der Waals surface area contributed by atoms with Gasteiger partial charge in [-0.05, 0) is 35.2 Å². The van der Waals surface area contributed by atoms with E-state index < -0.39 is 0 Å². The van der Waals surface area contributed by atoms with Gasteiger partial charge < -0.3 is 9.67 Å². The van der Waals surface area contributed by atoms with Crippen LogP contribution in [0.2, 0.25) is 0 Å². The Morgan fingerprint density at radius 3 is 2.75 bits per heavy atom. The van der Waals surface area contributed by atoms with Crippen LogP contribution in [0.4, 0.5) is 4.39 Å². The van der Waals surface area contributed by atoms with Crippen molar-refractivity contribution in [1.29, 1.82) is 0 Å². The number of aromatic nitrogens is 1. The Kier molecular flexibility index (Phi) is 3.59. The Balaban J connectivity index is 2.06. The van der Waals surface area contributed by atoms with Crippen molar-refractivity contribution in [1.82, 2.24) is 4.57 Å². The van der Waals surface area contributed by atoms with Gasteiger partial charge in [0.2, 0.25) is 0 Å². The maximum atomic E-state index is 13.4. The van der Waals surface area contributed by atoms with Crippen LogP contribution in [0.5, 0.6) is 0 Å². The van der Waals surface area contributed by atoms with Crippen LogP contribution in [-0.4, -0.2) is 9.67 Å². The zero-order valence-electron chi connectivity index (χ0n) is 10.7. The van der Waals surface area contributed by atoms with E-state index in [0.29, 0.717) is 6.54 Å². The lowest BCUT2D eigenvalue weighted by atomic mass is 10.1. The number of benzene rings is 2. The molecule has 4 heteroatoms. The highest BCUT2D eigenvalue weighted by atomic mass is 79.9. The monoisotopic (exact) mass is 333 g/mol. The molecule has 0 unspecified atom stereocenters. The van der Waals surface area contributed by atoms with Gasteiger partial charge in [-0.2, -0.15) is 0 Å². The Morgan fingerprint density at radius 2 is 2.00 bits per heavy atom. The van der Waals surface area contributed by atoms with Gasteiger partial charge in [0.05, 0.1) is 12.1 Å². The van der Waals surface area contributed by atoms with Crippen LogP contribution in [0, 0.1) is 5.82 Å². The summed E-state index contributed by atoms with van der Waals surface area (Å²) in [6.07, 6.45) is 1.96. The Hall–Kier alpha value is -1.65. The van der Waals surface area contributed by atoms with Crippen molar-refractivity contribution in [2.45, 2.75) is 13.2 Å². The van der Waals surface area contributed by atoms with Crippen LogP contribution in [0.15, 0.2) is 53.1 Å². The molecule has 3 aromatic rings. The van der Waals surface area contributed by atoms with Crippen molar-refractivity contribution in [3.05, 3.63) is 70.1 Å². The summed E-state index contributed by atoms with van der Waals surface area (Å²) in [7, 11) is 0. The van der Waals surface area contributed by atoms with Gasteiger partial charge in [0, 0.05) is 22.8 Å². The first-order valence-corrected chi connectivity index (χ1v) is 7.09. The zero-order valence-corrected chi connectivity index (χ0v) is 12.3. The topological polar surface area (TPSA) is 25.2 Å². The lowest BCUT2D eigenvalue weighted by molar-refractivity contribution is 0.283. The Bertz CT molecular complexity index is 746. The first kappa shape index (κ1) is 13.3. The average molecular weight is 334 g/mol. The highest BCUT2D eigenvalue weighted by Crippen LogP contribution is 2.23. The predicted molar refractivity (Wildman–Crippen MR) is 81.1 cm³/mol. The molecule has 0 aliphatic carbocycles. The summed E-state index contributed by atoms with van der Waals surface area (Å²) in [5.74, 6) is -0.256. The van der Waals surface area contributed by atoms with Crippen molar-refractivity contribution in [3.63, 3.8) is 0 Å². The molecule has 20 heavy (non-hydrogen) atoms. The highest BCUT2D eigenvalue weighted by molar-refractivity contribution is 9.10. The molecule has 0 bridgehead atoms. The normalized spacial score (nSPS) is 11.2. The molecule has 0 radical (unpaired) electrons. The molecule has 0 saturated heterocycles. The van der Waals surface area contributed by atoms with Gasteiger partial charge in [0.25, 0.3) is 0 Å². The molecule has 1 heterocycles. The number of hydrogen-bond acceptors (Lipinski definition) is 1. The van der Waals surface area contributed by atoms with Gasteiger partial charge in [-0.25, -0.2) is 4.39 Å². The second kappa shape index (κ2) is 5.38. The molecule has 0 atom stereocenters. The van der Waals surface area contributed by atoms with Crippen LogP contribution in [0.1, 0.15) is 11.1 Å². The van der Waals surface area contributed by atoms with Crippen LogP contribution >= 0.6 is 15.9 Å². The van der Waals surface area contributed by atoms with Crippen molar-refractivity contribution >= 4 is 26.8 Å². The number of aliphatic hydroxyl groups excluding tert-OH is 1. The Labute approximate surface area is 124 Å². The summed E-state index contributed by atoms with van der Waals surface area (Å²) in [5.41, 5.74) is 2.75. The molecule has 0 spiro atoms. The number of nitrogens with zero attached hydrogens (tertiary/aromatic N) is 1. The third-order valence-corrected chi connectivity index (χ3v) is 3.78. The minimum Gasteiger partial charge on any atom is -0.392 e. The molecule has 0 amide bonds. The lowest BCUT2D eigenvalue weighted by Crippen LogP contribution is -2.01. The van der Waals surface area contributed by atoms with Crippen LogP contribution in [0.3, 0.4) is 0 Å². The van der Waals surface area contributed by atoms with Gasteiger partial charge >= 0.3 is 0 Å². The van der Waals surface area contributed by atoms with E-state index >= 15 is 0 Å². The molecule has 0 aliphatic heterocycles. The van der Waals surface area contributed by atoms with E-state index in [1.165, 1.54) is 12.1 Å². The smallest absolute Gasteiger partial charge is 0.124 e. The third-order valence-electron chi connectivity index (χ3n) is 3.32. The molecule has 2 nitrogen and oxygen atoms in total. The van der Waals surface area contributed by atoms with Gasteiger partial charge in [-0.15, -0.1) is 0 Å². The number of aliphatic hydroxyl groups is 1. The van der Waals surface area contributed by atoms with Crippen molar-refractivity contribution < 1.29 is 9.50 Å². The summed E-state index contributed by atoms with van der Waals surface area (Å²) >= 11 is 3.31. The number of para-hydroxylation sites is 1. The summed E-state index contributed by atoms with van der Waals surface area (Å²) in [6.45, 7) is 0.561. The summed E-state index contributed by atoms with van der Waals surface area (Å²) in [5, 5.41) is 10.5. The molecule has 2 aromatic carbocycles. The number of hydrogen-bond donors (Lipinski definition) is 1. The van der Waals surface area contributed by atoms with E-state index in [0.717, 1.165) is 26.5 Å². The summed E-state index contributed by atoms with van der Waals surface area (Å²) in [6, 6.07) is 12.7. The zero-order chi connectivity index (χ0) is 14.1. The van der Waals surface area contributed by atoms with E-state index in [2.05, 4.69) is 15.9 Å². The van der Waals surface area contributed by atoms with Gasteiger partial charge in [-0.1, -0.05) is 34.1 Å². The molecule has 1 aromatic heterocycles. The van der Waals surface area contributed by atoms with Gasteiger partial charge in [0.1, 0.15) is 5.82 Å². The fourth-order valence-corrected chi connectivity index (χ4v) is 3.01. The van der Waals surface area contributed by atoms with Crippen molar-refractivity contribution in [3.8, 4) is 0 Å². The quantitative estimate of drug-likeness (QED) is 0.767. The molecule has 0 saturated carbocycles. The molecule has 3 rings (SSSR count). The van der Waals surface area contributed by atoms with Gasteiger partial charge in [0.15, 0.2) is 0 Å². The number of halogens is 2. The van der Waals surface area contributed by atoms with Gasteiger partial charge in [-0.3, -0.25) is 0 Å². The molecule has 1 N–H and O–H groups in total. The lowest BCUT2D eigenvalue weighted by Gasteiger charge is -2.09. The van der Waals surface area contributed by atoms with E-state index in [4.69, 9.17) is 0 Å². The molecular formula is C16H13BrFNO. The first-order chi connectivity index (χ1) is 9.67. The summed E-state index contributed by atoms with van der Waals surface area (Å²) < 4.78 is 16.2. The van der Waals surface area contributed by atoms with Crippen LogP contribution in [0.25, 0.3) is 10.9 Å². The van der Waals surface area contributed by atoms with E-state index in [-0.39, 0.29) is 12.4 Å². The SMILES string of the molecule is OCc1cccc2ccn(Cc3cc(F)cc(Br)c3)c12. The van der Waals surface area contributed by atoms with Crippen LogP contribution in [-0.2, 0) is 13.2 Å². The van der Waals surface area contributed by atoms with Crippen LogP contribution < -0.4 is 0 Å². The molecule has 102 valence electrons. The van der Waals surface area contributed by atoms with E-state index in [1.807, 2.05) is 41.1 Å². The largest absolute Gasteiger partial charge is 0.392 e. The molecule has 0 aliphatic rings. The predicted octanol–water partition coefficient (Wildman–Crippen LogP) is 4.08. The number of rotatable bonds is 3. The minimum atomic E-state index is -0.256. The second-order valence-corrected chi connectivity index (χ2v) is 5.65. The molecular weight excluding hydrogens is 321 g/mol. The fraction of sp³-hybridized carbons (Fsp3) is 0.125. The first-order valence-electron chi connectivity index (χ1n) is 6.30. The standard InChI is InChI=1S/C16H13BrFNO/c17-14-6-11(7-15(18)8-14)9-19-5-4-12-2-1-3-13(10-20)16(12)19/h1-8,20H,9-10H2. The van der Waals surface area contributed by atoms with E-state index in [1.54, 1.807) is 0 Å². The van der Waals surface area contributed by atoms with E-state index in [9.17, 15) is 9.50 Å². The summed E-state index contributed by atoms with van der Waals surface area (Å²) in [4.78, 5) is 0. The Morgan fingerprint density at radius 1 is 1.15 bits per heavy atom. The van der Waals surface area contributed by atoms with Crippen molar-refractivity contribution in [2.24, 2.45) is 0 Å². The average Bonchev–Trinajstić information content (AvgIpc) is 2.81. The minimum absolute atomic E-state index is 0.00576. The second-order valence-electron chi connectivity index (χ2n) is 4.73. The maximum Gasteiger partial charge on any atom is 0.124 e. The maximum absolute atomic E-state index is 13.4. The fourth-order valence-electron chi connectivity index (χ4n) is 2.50. The number of fused-ring (bicyclic) bond motifs is 1.